The van der Waals surface area contributed by atoms with E-state index in [2.05, 4.69) is 59.9 Å². The van der Waals surface area contributed by atoms with E-state index in [1.165, 1.54) is 16.7 Å². The Morgan fingerprint density at radius 2 is 1.59 bits per heavy atom. The molecule has 1 unspecified atom stereocenters. The topological polar surface area (TPSA) is 12.0 Å². The van der Waals surface area contributed by atoms with E-state index in [4.69, 9.17) is 0 Å². The van der Waals surface area contributed by atoms with Gasteiger partial charge in [0.15, 0.2) is 0 Å². The summed E-state index contributed by atoms with van der Waals surface area (Å²) in [5.74, 6) is 0. The summed E-state index contributed by atoms with van der Waals surface area (Å²) in [6, 6.07) is 20.1. The Morgan fingerprint density at radius 1 is 0.882 bits per heavy atom. The van der Waals surface area contributed by atoms with Gasteiger partial charge in [-0.05, 0) is 29.5 Å². The maximum absolute atomic E-state index is 3.62. The van der Waals surface area contributed by atoms with Gasteiger partial charge in [0, 0.05) is 12.6 Å². The lowest BCUT2D eigenvalue weighted by Gasteiger charge is -2.26. The lowest BCUT2D eigenvalue weighted by molar-refractivity contribution is 0.477. The monoisotopic (exact) mass is 223 g/mol. The molecule has 2 aromatic carbocycles. The molecule has 1 aliphatic rings. The Balaban J connectivity index is 1.72. The molecule has 0 spiro atoms. The van der Waals surface area contributed by atoms with Gasteiger partial charge in [-0.1, -0.05) is 54.6 Å². The first-order chi connectivity index (χ1) is 8.42. The van der Waals surface area contributed by atoms with Crippen LogP contribution in [0.15, 0.2) is 54.6 Å². The molecule has 2 aromatic rings. The van der Waals surface area contributed by atoms with E-state index in [1.54, 1.807) is 0 Å². The fourth-order valence-electron chi connectivity index (χ4n) is 2.56. The van der Waals surface area contributed by atoms with Crippen molar-refractivity contribution >= 4 is 0 Å². The zero-order valence-electron chi connectivity index (χ0n) is 9.89. The van der Waals surface area contributed by atoms with Crippen LogP contribution in [0.1, 0.15) is 16.7 Å². The average molecular weight is 223 g/mol. The van der Waals surface area contributed by atoms with Gasteiger partial charge in [-0.25, -0.2) is 0 Å². The molecule has 3 rings (SSSR count). The summed E-state index contributed by atoms with van der Waals surface area (Å²) in [5.41, 5.74) is 4.38. The van der Waals surface area contributed by atoms with Crippen LogP contribution in [0.5, 0.6) is 0 Å². The van der Waals surface area contributed by atoms with Crippen molar-refractivity contribution in [3.8, 4) is 0 Å². The minimum atomic E-state index is 0.576. The van der Waals surface area contributed by atoms with Gasteiger partial charge in [-0.15, -0.1) is 0 Å². The summed E-state index contributed by atoms with van der Waals surface area (Å²) >= 11 is 0. The van der Waals surface area contributed by atoms with Gasteiger partial charge in [0.2, 0.25) is 0 Å². The van der Waals surface area contributed by atoms with Crippen LogP contribution in [0, 0.1) is 0 Å². The first kappa shape index (κ1) is 10.5. The number of nitrogens with one attached hydrogen (secondary N) is 1. The van der Waals surface area contributed by atoms with Gasteiger partial charge in [-0.2, -0.15) is 0 Å². The second kappa shape index (κ2) is 4.72. The highest BCUT2D eigenvalue weighted by atomic mass is 14.9. The first-order valence-corrected chi connectivity index (χ1v) is 6.26. The van der Waals surface area contributed by atoms with Crippen molar-refractivity contribution in [3.05, 3.63) is 71.3 Å². The molecule has 0 aliphatic carbocycles. The van der Waals surface area contributed by atoms with E-state index in [0.29, 0.717) is 6.04 Å². The van der Waals surface area contributed by atoms with Crippen LogP contribution in [0.2, 0.25) is 0 Å². The lowest BCUT2D eigenvalue weighted by Crippen LogP contribution is -2.37. The average Bonchev–Trinajstić information content (AvgIpc) is 2.40. The van der Waals surface area contributed by atoms with Gasteiger partial charge in [-0.3, -0.25) is 0 Å². The third-order valence-electron chi connectivity index (χ3n) is 3.49. The summed E-state index contributed by atoms with van der Waals surface area (Å²) in [6.07, 6.45) is 2.26. The first-order valence-electron chi connectivity index (χ1n) is 6.26. The molecule has 86 valence electrons. The molecule has 0 radical (unpaired) electrons. The normalized spacial score (nSPS) is 18.7. The molecule has 1 aliphatic heterocycles. The van der Waals surface area contributed by atoms with E-state index in [1.807, 2.05) is 0 Å². The summed E-state index contributed by atoms with van der Waals surface area (Å²) in [7, 11) is 0. The molecule has 0 bridgehead atoms. The molecular formula is C16H17N. The van der Waals surface area contributed by atoms with Crippen molar-refractivity contribution in [3.63, 3.8) is 0 Å². The van der Waals surface area contributed by atoms with Gasteiger partial charge in [0.25, 0.3) is 0 Å². The molecule has 0 amide bonds. The minimum absolute atomic E-state index is 0.576. The molecule has 17 heavy (non-hydrogen) atoms. The summed E-state index contributed by atoms with van der Waals surface area (Å²) in [4.78, 5) is 0. The van der Waals surface area contributed by atoms with Crippen molar-refractivity contribution in [1.82, 2.24) is 5.32 Å². The Labute approximate surface area is 102 Å². The Morgan fingerprint density at radius 3 is 2.41 bits per heavy atom. The van der Waals surface area contributed by atoms with Crippen LogP contribution < -0.4 is 5.32 Å². The second-order valence-electron chi connectivity index (χ2n) is 4.74. The minimum Gasteiger partial charge on any atom is -0.309 e. The van der Waals surface area contributed by atoms with Crippen LogP contribution >= 0.6 is 0 Å². The molecule has 1 heterocycles. The molecule has 1 nitrogen and oxygen atoms in total. The molecular weight excluding hydrogens is 206 g/mol. The van der Waals surface area contributed by atoms with Crippen molar-refractivity contribution in [2.75, 3.05) is 0 Å². The molecule has 0 saturated heterocycles. The van der Waals surface area contributed by atoms with Crippen molar-refractivity contribution in [2.24, 2.45) is 0 Å². The quantitative estimate of drug-likeness (QED) is 0.825. The van der Waals surface area contributed by atoms with Crippen LogP contribution in [-0.2, 0) is 19.4 Å². The van der Waals surface area contributed by atoms with Crippen molar-refractivity contribution in [1.29, 1.82) is 0 Å². The molecule has 0 saturated carbocycles. The third kappa shape index (κ3) is 2.40. The third-order valence-corrected chi connectivity index (χ3v) is 3.49. The highest BCUT2D eigenvalue weighted by Gasteiger charge is 2.17. The number of benzene rings is 2. The predicted octanol–water partition coefficient (Wildman–Crippen LogP) is 2.94. The van der Waals surface area contributed by atoms with Crippen molar-refractivity contribution in [2.45, 2.75) is 25.4 Å². The maximum Gasteiger partial charge on any atom is 0.0211 e. The molecule has 0 fully saturated rings. The smallest absolute Gasteiger partial charge is 0.0211 e. The standard InChI is InChI=1S/C16H17N/c1-2-6-13(7-3-1)10-16-11-14-8-4-5-9-15(14)12-17-16/h1-9,16-17H,10-12H2. The van der Waals surface area contributed by atoms with Gasteiger partial charge < -0.3 is 5.32 Å². The van der Waals surface area contributed by atoms with Crippen molar-refractivity contribution < 1.29 is 0 Å². The van der Waals surface area contributed by atoms with Crippen LogP contribution in [0.3, 0.4) is 0 Å². The predicted molar refractivity (Wildman–Crippen MR) is 70.9 cm³/mol. The highest BCUT2D eigenvalue weighted by Crippen LogP contribution is 2.18. The largest absolute Gasteiger partial charge is 0.309 e. The molecule has 1 atom stereocenters. The number of hydrogen-bond donors (Lipinski definition) is 1. The Kier molecular flexibility index (Phi) is 2.93. The second-order valence-corrected chi connectivity index (χ2v) is 4.74. The Hall–Kier alpha value is -1.60. The molecule has 1 heteroatoms. The Bertz CT molecular complexity index is 490. The summed E-state index contributed by atoms with van der Waals surface area (Å²) in [6.45, 7) is 1.01. The van der Waals surface area contributed by atoms with E-state index in [9.17, 15) is 0 Å². The number of hydrogen-bond acceptors (Lipinski definition) is 1. The van der Waals surface area contributed by atoms with E-state index in [0.717, 1.165) is 19.4 Å². The fraction of sp³-hybridized carbons (Fsp3) is 0.250. The zero-order chi connectivity index (χ0) is 11.5. The highest BCUT2D eigenvalue weighted by molar-refractivity contribution is 5.30. The number of fused-ring (bicyclic) bond motifs is 1. The fourth-order valence-corrected chi connectivity index (χ4v) is 2.56. The summed E-state index contributed by atoms with van der Waals surface area (Å²) < 4.78 is 0. The lowest BCUT2D eigenvalue weighted by atomic mass is 9.92. The van der Waals surface area contributed by atoms with Gasteiger partial charge in [0.1, 0.15) is 0 Å². The van der Waals surface area contributed by atoms with Crippen LogP contribution in [0.25, 0.3) is 0 Å². The summed E-state index contributed by atoms with van der Waals surface area (Å²) in [5, 5.41) is 3.62. The molecule has 1 N–H and O–H groups in total. The van der Waals surface area contributed by atoms with Gasteiger partial charge >= 0.3 is 0 Å². The maximum atomic E-state index is 3.62. The number of rotatable bonds is 2. The van der Waals surface area contributed by atoms with Crippen LogP contribution in [0.4, 0.5) is 0 Å². The van der Waals surface area contributed by atoms with Crippen LogP contribution in [-0.4, -0.2) is 6.04 Å². The van der Waals surface area contributed by atoms with Gasteiger partial charge in [0.05, 0.1) is 0 Å². The van der Waals surface area contributed by atoms with E-state index in [-0.39, 0.29) is 0 Å². The SMILES string of the molecule is c1ccc(CC2Cc3ccccc3CN2)cc1. The van der Waals surface area contributed by atoms with E-state index < -0.39 is 0 Å². The zero-order valence-corrected chi connectivity index (χ0v) is 9.89. The molecule has 0 aromatic heterocycles. The van der Waals surface area contributed by atoms with E-state index >= 15 is 0 Å².